The summed E-state index contributed by atoms with van der Waals surface area (Å²) in [6.45, 7) is 4.14. The lowest BCUT2D eigenvalue weighted by atomic mass is 10.1. The fourth-order valence-corrected chi connectivity index (χ4v) is 2.66. The lowest BCUT2D eigenvalue weighted by Gasteiger charge is -2.08. The van der Waals surface area contributed by atoms with Gasteiger partial charge in [-0.25, -0.2) is 4.98 Å². The molecule has 0 radical (unpaired) electrons. The van der Waals surface area contributed by atoms with Crippen molar-refractivity contribution in [2.75, 3.05) is 13.1 Å². The Balaban J connectivity index is 1.73. The number of aromatic nitrogens is 2. The molecule has 5 heteroatoms. The molecule has 2 aromatic rings. The van der Waals surface area contributed by atoms with Crippen LogP contribution in [-0.2, 0) is 11.3 Å². The van der Waals surface area contributed by atoms with Crippen LogP contribution in [-0.4, -0.2) is 28.5 Å². The number of imidazole rings is 1. The van der Waals surface area contributed by atoms with E-state index in [-0.39, 0.29) is 5.91 Å². The van der Waals surface area contributed by atoms with Crippen molar-refractivity contribution >= 4 is 16.9 Å². The van der Waals surface area contributed by atoms with Crippen molar-refractivity contribution in [2.24, 2.45) is 5.73 Å². The monoisotopic (exact) mass is 302 g/mol. The number of para-hydroxylation sites is 2. The molecule has 0 bridgehead atoms. The lowest BCUT2D eigenvalue weighted by molar-refractivity contribution is -0.121. The molecular formula is C17H26N4O. The molecule has 0 spiro atoms. The zero-order valence-electron chi connectivity index (χ0n) is 13.3. The number of amides is 1. The topological polar surface area (TPSA) is 72.9 Å². The van der Waals surface area contributed by atoms with Gasteiger partial charge in [0.1, 0.15) is 5.82 Å². The Morgan fingerprint density at radius 3 is 2.82 bits per heavy atom. The van der Waals surface area contributed by atoms with Crippen molar-refractivity contribution in [3.8, 4) is 0 Å². The second kappa shape index (κ2) is 8.54. The molecule has 0 saturated heterocycles. The van der Waals surface area contributed by atoms with Gasteiger partial charge >= 0.3 is 0 Å². The molecule has 120 valence electrons. The van der Waals surface area contributed by atoms with E-state index in [1.807, 2.05) is 25.1 Å². The number of rotatable bonds is 9. The molecule has 0 atom stereocenters. The summed E-state index contributed by atoms with van der Waals surface area (Å²) in [7, 11) is 0. The lowest BCUT2D eigenvalue weighted by Crippen LogP contribution is -2.27. The van der Waals surface area contributed by atoms with E-state index in [2.05, 4.69) is 20.9 Å². The smallest absolute Gasteiger partial charge is 0.220 e. The number of unbranched alkanes of at least 4 members (excludes halogenated alkanes) is 3. The van der Waals surface area contributed by atoms with Crippen LogP contribution in [0.5, 0.6) is 0 Å². The first-order valence-electron chi connectivity index (χ1n) is 8.11. The predicted octanol–water partition coefficient (Wildman–Crippen LogP) is 2.37. The van der Waals surface area contributed by atoms with Gasteiger partial charge in [0.2, 0.25) is 5.91 Å². The molecule has 0 aliphatic heterocycles. The van der Waals surface area contributed by atoms with Gasteiger partial charge in [-0.3, -0.25) is 4.79 Å². The zero-order chi connectivity index (χ0) is 15.8. The minimum atomic E-state index is 0.134. The van der Waals surface area contributed by atoms with Crippen molar-refractivity contribution in [3.05, 3.63) is 30.1 Å². The zero-order valence-corrected chi connectivity index (χ0v) is 13.3. The van der Waals surface area contributed by atoms with Crippen molar-refractivity contribution in [2.45, 2.75) is 45.6 Å². The van der Waals surface area contributed by atoms with E-state index < -0.39 is 0 Å². The first-order chi connectivity index (χ1) is 10.7. The highest BCUT2D eigenvalue weighted by Gasteiger charge is 2.07. The highest BCUT2D eigenvalue weighted by molar-refractivity contribution is 5.76. The van der Waals surface area contributed by atoms with Crippen LogP contribution < -0.4 is 11.1 Å². The average Bonchev–Trinajstić information content (AvgIpc) is 2.83. The Labute approximate surface area is 131 Å². The Kier molecular flexibility index (Phi) is 6.40. The van der Waals surface area contributed by atoms with E-state index in [4.69, 9.17) is 5.73 Å². The number of carbonyl (C=O) groups excluding carboxylic acids is 1. The number of aryl methyl sites for hydroxylation is 1. The highest BCUT2D eigenvalue weighted by Crippen LogP contribution is 2.14. The number of benzene rings is 1. The molecule has 0 aliphatic rings. The van der Waals surface area contributed by atoms with Gasteiger partial charge in [-0.2, -0.15) is 0 Å². The number of hydrogen-bond donors (Lipinski definition) is 2. The van der Waals surface area contributed by atoms with Crippen molar-refractivity contribution in [1.82, 2.24) is 14.9 Å². The molecule has 22 heavy (non-hydrogen) atoms. The Morgan fingerprint density at radius 1 is 1.23 bits per heavy atom. The van der Waals surface area contributed by atoms with Crippen LogP contribution in [0.2, 0.25) is 0 Å². The summed E-state index contributed by atoms with van der Waals surface area (Å²) in [6.07, 6.45) is 4.79. The summed E-state index contributed by atoms with van der Waals surface area (Å²) < 4.78 is 2.15. The Hall–Kier alpha value is -1.88. The van der Waals surface area contributed by atoms with Crippen molar-refractivity contribution < 1.29 is 4.79 Å². The number of carbonyl (C=O) groups is 1. The normalized spacial score (nSPS) is 11.0. The van der Waals surface area contributed by atoms with Crippen molar-refractivity contribution in [3.63, 3.8) is 0 Å². The first kappa shape index (κ1) is 16.5. The standard InChI is InChI=1S/C17H26N4O/c1-14-20-15-8-5-6-9-16(15)21(14)13-12-19-17(22)10-4-2-3-7-11-18/h5-6,8-9H,2-4,7,10-13,18H2,1H3,(H,19,22). The molecule has 2 rings (SSSR count). The van der Waals surface area contributed by atoms with Gasteiger partial charge in [0.05, 0.1) is 11.0 Å². The van der Waals surface area contributed by atoms with Crippen LogP contribution in [0.4, 0.5) is 0 Å². The molecule has 0 saturated carbocycles. The van der Waals surface area contributed by atoms with Gasteiger partial charge < -0.3 is 15.6 Å². The molecule has 1 heterocycles. The van der Waals surface area contributed by atoms with Gasteiger partial charge in [-0.1, -0.05) is 25.0 Å². The maximum absolute atomic E-state index is 11.8. The van der Waals surface area contributed by atoms with Crippen LogP contribution in [0, 0.1) is 6.92 Å². The van der Waals surface area contributed by atoms with E-state index in [1.165, 1.54) is 0 Å². The van der Waals surface area contributed by atoms with Crippen LogP contribution >= 0.6 is 0 Å². The predicted molar refractivity (Wildman–Crippen MR) is 89.6 cm³/mol. The van der Waals surface area contributed by atoms with Crippen molar-refractivity contribution in [1.29, 1.82) is 0 Å². The molecule has 0 unspecified atom stereocenters. The molecule has 5 nitrogen and oxygen atoms in total. The minimum Gasteiger partial charge on any atom is -0.354 e. The first-order valence-corrected chi connectivity index (χ1v) is 8.11. The van der Waals surface area contributed by atoms with Crippen LogP contribution in [0.15, 0.2) is 24.3 Å². The number of nitrogens with one attached hydrogen (secondary N) is 1. The Bertz CT molecular complexity index is 606. The molecule has 0 fully saturated rings. The number of nitrogens with zero attached hydrogens (tertiary/aromatic N) is 2. The van der Waals surface area contributed by atoms with Gasteiger partial charge in [-0.15, -0.1) is 0 Å². The number of nitrogens with two attached hydrogens (primary N) is 1. The highest BCUT2D eigenvalue weighted by atomic mass is 16.1. The van der Waals surface area contributed by atoms with Crippen LogP contribution in [0.3, 0.4) is 0 Å². The third-order valence-electron chi connectivity index (χ3n) is 3.86. The summed E-state index contributed by atoms with van der Waals surface area (Å²) in [5, 5.41) is 2.99. The molecule has 1 aromatic carbocycles. The molecule has 1 amide bonds. The average molecular weight is 302 g/mol. The summed E-state index contributed by atoms with van der Waals surface area (Å²) in [5.41, 5.74) is 7.57. The second-order valence-corrected chi connectivity index (χ2v) is 5.60. The van der Waals surface area contributed by atoms with E-state index in [1.54, 1.807) is 0 Å². The summed E-state index contributed by atoms with van der Waals surface area (Å²) in [4.78, 5) is 16.3. The van der Waals surface area contributed by atoms with E-state index >= 15 is 0 Å². The summed E-state index contributed by atoms with van der Waals surface area (Å²) in [5.74, 6) is 1.12. The largest absolute Gasteiger partial charge is 0.354 e. The van der Waals surface area contributed by atoms with Gasteiger partial charge in [0.15, 0.2) is 0 Å². The fraction of sp³-hybridized carbons (Fsp3) is 0.529. The maximum Gasteiger partial charge on any atom is 0.220 e. The van der Waals surface area contributed by atoms with Crippen LogP contribution in [0.25, 0.3) is 11.0 Å². The van der Waals surface area contributed by atoms with E-state index in [0.717, 1.165) is 55.6 Å². The SMILES string of the molecule is Cc1nc2ccccc2n1CCNC(=O)CCCCCCN. The molecule has 3 N–H and O–H groups in total. The second-order valence-electron chi connectivity index (χ2n) is 5.60. The maximum atomic E-state index is 11.8. The fourth-order valence-electron chi connectivity index (χ4n) is 2.66. The third-order valence-corrected chi connectivity index (χ3v) is 3.86. The van der Waals surface area contributed by atoms with Crippen LogP contribution in [0.1, 0.15) is 37.9 Å². The van der Waals surface area contributed by atoms with E-state index in [9.17, 15) is 4.79 Å². The molecule has 1 aromatic heterocycles. The van der Waals surface area contributed by atoms with Gasteiger partial charge in [0.25, 0.3) is 0 Å². The quantitative estimate of drug-likeness (QED) is 0.698. The van der Waals surface area contributed by atoms with E-state index in [0.29, 0.717) is 13.0 Å². The molecule has 0 aliphatic carbocycles. The van der Waals surface area contributed by atoms with Gasteiger partial charge in [0, 0.05) is 19.5 Å². The van der Waals surface area contributed by atoms with Gasteiger partial charge in [-0.05, 0) is 38.4 Å². The summed E-state index contributed by atoms with van der Waals surface area (Å²) >= 11 is 0. The third kappa shape index (κ3) is 4.56. The number of hydrogen-bond acceptors (Lipinski definition) is 3. The Morgan fingerprint density at radius 2 is 2.00 bits per heavy atom. The number of fused-ring (bicyclic) bond motifs is 1. The summed E-state index contributed by atoms with van der Waals surface area (Å²) in [6, 6.07) is 8.08. The minimum absolute atomic E-state index is 0.134. The molecular weight excluding hydrogens is 276 g/mol.